The number of rotatable bonds is 6. The molecule has 1 aliphatic carbocycles. The molecule has 4 heterocycles. The van der Waals surface area contributed by atoms with E-state index in [-0.39, 0.29) is 6.04 Å². The van der Waals surface area contributed by atoms with Crippen molar-refractivity contribution < 1.29 is 8.42 Å². The number of fused-ring (bicyclic) bond motifs is 2. The molecule has 3 N–H and O–H groups in total. The van der Waals surface area contributed by atoms with Crippen LogP contribution in [0.1, 0.15) is 49.8 Å². The van der Waals surface area contributed by atoms with Gasteiger partial charge in [0, 0.05) is 55.2 Å². The minimum atomic E-state index is -3.44. The molecule has 1 unspecified atom stereocenters. The maximum absolute atomic E-state index is 12.9. The smallest absolute Gasteiger partial charge is 0.243 e. The van der Waals surface area contributed by atoms with Gasteiger partial charge in [-0.05, 0) is 110 Å². The number of aryl methyl sites for hydroxylation is 1. The Kier molecular flexibility index (Phi) is 7.34. The van der Waals surface area contributed by atoms with Crippen LogP contribution in [0, 0.1) is 0 Å². The Bertz CT molecular complexity index is 1720. The number of nitrogens with zero attached hydrogens (tertiary/aromatic N) is 4. The van der Waals surface area contributed by atoms with Crippen molar-refractivity contribution in [1.82, 2.24) is 14.3 Å². The third-order valence-electron chi connectivity index (χ3n) is 8.95. The quantitative estimate of drug-likeness (QED) is 0.284. The van der Waals surface area contributed by atoms with Crippen LogP contribution in [0.5, 0.6) is 0 Å². The molecule has 0 bridgehead atoms. The SMILES string of the molecule is NC1CCN(c2c3c(nc4ccc(-c5ccnc(Nc6ccc(S(=O)(=O)N7CCCC7)cc6)c5)cc24)CCCCC3)C1. The van der Waals surface area contributed by atoms with E-state index in [9.17, 15) is 8.42 Å². The number of nitrogens with two attached hydrogens (primary N) is 1. The van der Waals surface area contributed by atoms with E-state index in [1.54, 1.807) is 28.6 Å². The van der Waals surface area contributed by atoms with Crippen molar-refractivity contribution in [2.75, 3.05) is 36.4 Å². The molecule has 3 aliphatic rings. The second-order valence-corrected chi connectivity index (χ2v) is 13.8. The summed E-state index contributed by atoms with van der Waals surface area (Å²) in [6.07, 6.45) is 10.4. The number of hydrogen-bond acceptors (Lipinski definition) is 7. The average molecular weight is 583 g/mol. The van der Waals surface area contributed by atoms with E-state index in [1.165, 1.54) is 41.6 Å². The Morgan fingerprint density at radius 1 is 0.857 bits per heavy atom. The van der Waals surface area contributed by atoms with Crippen molar-refractivity contribution in [1.29, 1.82) is 0 Å². The van der Waals surface area contributed by atoms with Crippen LogP contribution in [0.4, 0.5) is 17.2 Å². The molecule has 7 rings (SSSR count). The number of benzene rings is 2. The standard InChI is InChI=1S/C33H38N6O2S/c34-25-15-19-38(22-25)33-28-6-2-1-3-7-30(28)37-31-13-8-23(20-29(31)33)24-14-16-35-32(21-24)36-26-9-11-27(12-10-26)42(40,41)39-17-4-5-18-39/h8-14,16,20-21,25H,1-7,15,17-19,22,34H2,(H,35,36). The van der Waals surface area contributed by atoms with E-state index in [4.69, 9.17) is 10.7 Å². The van der Waals surface area contributed by atoms with Crippen molar-refractivity contribution in [3.05, 3.63) is 72.1 Å². The molecule has 2 saturated heterocycles. The van der Waals surface area contributed by atoms with E-state index in [0.717, 1.165) is 67.5 Å². The normalized spacial score (nSPS) is 19.6. The van der Waals surface area contributed by atoms with Crippen LogP contribution in [-0.4, -0.2) is 54.9 Å². The number of hydrogen-bond donors (Lipinski definition) is 2. The van der Waals surface area contributed by atoms with Gasteiger partial charge in [0.05, 0.1) is 16.1 Å². The highest BCUT2D eigenvalue weighted by molar-refractivity contribution is 7.89. The molecule has 2 fully saturated rings. The van der Waals surface area contributed by atoms with Gasteiger partial charge in [-0.3, -0.25) is 4.98 Å². The van der Waals surface area contributed by atoms with Crippen molar-refractivity contribution in [3.8, 4) is 11.1 Å². The van der Waals surface area contributed by atoms with Crippen LogP contribution in [-0.2, 0) is 22.9 Å². The van der Waals surface area contributed by atoms with E-state index < -0.39 is 10.0 Å². The molecule has 218 valence electrons. The fraction of sp³-hybridized carbons (Fsp3) is 0.394. The molecule has 42 heavy (non-hydrogen) atoms. The molecule has 2 aromatic heterocycles. The highest BCUT2D eigenvalue weighted by Gasteiger charge is 2.28. The van der Waals surface area contributed by atoms with Gasteiger partial charge in [-0.15, -0.1) is 0 Å². The third-order valence-corrected chi connectivity index (χ3v) is 10.9. The van der Waals surface area contributed by atoms with Crippen LogP contribution in [0.3, 0.4) is 0 Å². The topological polar surface area (TPSA) is 104 Å². The summed E-state index contributed by atoms with van der Waals surface area (Å²) in [6.45, 7) is 3.06. The Balaban J connectivity index is 1.19. The molecular formula is C33H38N6O2S. The lowest BCUT2D eigenvalue weighted by Gasteiger charge is -2.25. The monoisotopic (exact) mass is 582 g/mol. The molecule has 2 aromatic carbocycles. The van der Waals surface area contributed by atoms with E-state index in [1.807, 2.05) is 18.3 Å². The van der Waals surface area contributed by atoms with Gasteiger partial charge in [0.2, 0.25) is 10.0 Å². The Hall–Kier alpha value is -3.53. The Labute approximate surface area is 248 Å². The van der Waals surface area contributed by atoms with Gasteiger partial charge in [0.15, 0.2) is 0 Å². The first-order chi connectivity index (χ1) is 20.5. The zero-order valence-corrected chi connectivity index (χ0v) is 24.7. The van der Waals surface area contributed by atoms with Gasteiger partial charge in [0.25, 0.3) is 0 Å². The van der Waals surface area contributed by atoms with Gasteiger partial charge in [-0.25, -0.2) is 13.4 Å². The van der Waals surface area contributed by atoms with Crippen LogP contribution >= 0.6 is 0 Å². The largest absolute Gasteiger partial charge is 0.369 e. The van der Waals surface area contributed by atoms with Crippen molar-refractivity contribution in [2.45, 2.75) is 62.3 Å². The summed E-state index contributed by atoms with van der Waals surface area (Å²) in [5, 5.41) is 4.55. The number of sulfonamides is 1. The Morgan fingerprint density at radius 3 is 2.43 bits per heavy atom. The first-order valence-corrected chi connectivity index (χ1v) is 16.7. The average Bonchev–Trinajstić information content (AvgIpc) is 3.65. The Morgan fingerprint density at radius 2 is 1.64 bits per heavy atom. The van der Waals surface area contributed by atoms with Crippen molar-refractivity contribution in [3.63, 3.8) is 0 Å². The van der Waals surface area contributed by atoms with Gasteiger partial charge in [-0.1, -0.05) is 12.5 Å². The van der Waals surface area contributed by atoms with E-state index in [0.29, 0.717) is 23.8 Å². The summed E-state index contributed by atoms with van der Waals surface area (Å²) in [5.74, 6) is 0.702. The summed E-state index contributed by atoms with van der Waals surface area (Å²) in [7, 11) is -3.44. The number of aromatic nitrogens is 2. The minimum absolute atomic E-state index is 0.209. The third kappa shape index (κ3) is 5.25. The molecule has 8 nitrogen and oxygen atoms in total. The minimum Gasteiger partial charge on any atom is -0.369 e. The zero-order chi connectivity index (χ0) is 28.7. The summed E-state index contributed by atoms with van der Waals surface area (Å²) in [5.41, 5.74) is 14.4. The number of pyridine rings is 2. The lowest BCUT2D eigenvalue weighted by molar-refractivity contribution is 0.477. The highest BCUT2D eigenvalue weighted by atomic mass is 32.2. The molecule has 9 heteroatoms. The molecular weight excluding hydrogens is 544 g/mol. The predicted octanol–water partition coefficient (Wildman–Crippen LogP) is 5.63. The molecule has 0 amide bonds. The summed E-state index contributed by atoms with van der Waals surface area (Å²) in [4.78, 5) is 12.5. The molecule has 4 aromatic rings. The van der Waals surface area contributed by atoms with Crippen LogP contribution in [0.15, 0.2) is 65.7 Å². The lowest BCUT2D eigenvalue weighted by Crippen LogP contribution is -2.27. The van der Waals surface area contributed by atoms with Crippen LogP contribution in [0.2, 0.25) is 0 Å². The molecule has 0 spiro atoms. The van der Waals surface area contributed by atoms with E-state index in [2.05, 4.69) is 33.4 Å². The molecule has 2 aliphatic heterocycles. The summed E-state index contributed by atoms with van der Waals surface area (Å²) >= 11 is 0. The van der Waals surface area contributed by atoms with Crippen molar-refractivity contribution >= 4 is 38.1 Å². The van der Waals surface area contributed by atoms with Crippen molar-refractivity contribution in [2.24, 2.45) is 5.73 Å². The van der Waals surface area contributed by atoms with Crippen LogP contribution in [0.25, 0.3) is 22.0 Å². The zero-order valence-electron chi connectivity index (χ0n) is 23.9. The molecule has 1 atom stereocenters. The van der Waals surface area contributed by atoms with Gasteiger partial charge < -0.3 is 16.0 Å². The molecule has 0 saturated carbocycles. The van der Waals surface area contributed by atoms with Gasteiger partial charge in [0.1, 0.15) is 5.82 Å². The van der Waals surface area contributed by atoms with Crippen LogP contribution < -0.4 is 16.0 Å². The van der Waals surface area contributed by atoms with Gasteiger partial charge >= 0.3 is 0 Å². The molecule has 0 radical (unpaired) electrons. The lowest BCUT2D eigenvalue weighted by atomic mass is 9.97. The van der Waals surface area contributed by atoms with Gasteiger partial charge in [-0.2, -0.15) is 4.31 Å². The predicted molar refractivity (Wildman–Crippen MR) is 169 cm³/mol. The highest BCUT2D eigenvalue weighted by Crippen LogP contribution is 2.39. The second kappa shape index (κ2) is 11.3. The first kappa shape index (κ1) is 27.3. The fourth-order valence-electron chi connectivity index (χ4n) is 6.72. The summed E-state index contributed by atoms with van der Waals surface area (Å²) in [6, 6.07) is 17.8. The maximum Gasteiger partial charge on any atom is 0.243 e. The van der Waals surface area contributed by atoms with E-state index >= 15 is 0 Å². The first-order valence-electron chi connectivity index (χ1n) is 15.3. The second-order valence-electron chi connectivity index (χ2n) is 11.9. The maximum atomic E-state index is 12.9. The number of anilines is 3. The summed E-state index contributed by atoms with van der Waals surface area (Å²) < 4.78 is 27.4. The number of nitrogens with one attached hydrogen (secondary N) is 1. The fourth-order valence-corrected chi connectivity index (χ4v) is 8.24.